The van der Waals surface area contributed by atoms with E-state index >= 15 is 0 Å². The van der Waals surface area contributed by atoms with Gasteiger partial charge in [0.05, 0.1) is 18.1 Å². The van der Waals surface area contributed by atoms with Gasteiger partial charge in [-0.1, -0.05) is 13.0 Å². The number of carbonyl (C=O) groups is 2. The van der Waals surface area contributed by atoms with E-state index in [9.17, 15) is 19.8 Å². The lowest BCUT2D eigenvalue weighted by molar-refractivity contribution is -0.226. The summed E-state index contributed by atoms with van der Waals surface area (Å²) < 4.78 is 5.04. The summed E-state index contributed by atoms with van der Waals surface area (Å²) >= 11 is 0. The van der Waals surface area contributed by atoms with Crippen molar-refractivity contribution in [2.45, 2.75) is 58.0 Å². The van der Waals surface area contributed by atoms with Gasteiger partial charge in [0.15, 0.2) is 0 Å². The summed E-state index contributed by atoms with van der Waals surface area (Å²) in [4.78, 5) is 23.7. The molecule has 0 aromatic carbocycles. The molecule has 0 aromatic heterocycles. The number of allylic oxidation sites excluding steroid dienone is 1. The van der Waals surface area contributed by atoms with Crippen molar-refractivity contribution in [1.29, 1.82) is 0 Å². The highest BCUT2D eigenvalue weighted by molar-refractivity contribution is 5.86. The van der Waals surface area contributed by atoms with Gasteiger partial charge in [0.25, 0.3) is 0 Å². The zero-order chi connectivity index (χ0) is 16.4. The fraction of sp³-hybridized carbons (Fsp3) is 0.765. The number of aliphatic hydroxyl groups is 1. The number of esters is 1. The number of aliphatic carboxylic acids is 1. The molecule has 22 heavy (non-hydrogen) atoms. The summed E-state index contributed by atoms with van der Waals surface area (Å²) in [5.74, 6) is -1.21. The molecule has 122 valence electrons. The number of hydrogen-bond acceptors (Lipinski definition) is 4. The molecule has 4 saturated carbocycles. The highest BCUT2D eigenvalue weighted by atomic mass is 16.5. The van der Waals surface area contributed by atoms with Crippen molar-refractivity contribution in [2.75, 3.05) is 7.11 Å². The van der Waals surface area contributed by atoms with Crippen molar-refractivity contribution in [3.8, 4) is 0 Å². The van der Waals surface area contributed by atoms with Crippen molar-refractivity contribution in [3.63, 3.8) is 0 Å². The molecule has 5 heteroatoms. The van der Waals surface area contributed by atoms with E-state index in [-0.39, 0.29) is 17.0 Å². The molecule has 0 saturated heterocycles. The Balaban J connectivity index is 2.09. The third-order valence-corrected chi connectivity index (χ3v) is 5.82. The quantitative estimate of drug-likeness (QED) is 0.617. The molecule has 0 aliphatic heterocycles. The fourth-order valence-electron chi connectivity index (χ4n) is 6.28. The van der Waals surface area contributed by atoms with E-state index in [1.165, 1.54) is 7.11 Å². The number of rotatable bonds is 3. The molecule has 0 heterocycles. The topological polar surface area (TPSA) is 83.8 Å². The lowest BCUT2D eigenvalue weighted by Crippen LogP contribution is -2.65. The molecule has 4 aliphatic rings. The summed E-state index contributed by atoms with van der Waals surface area (Å²) in [5.41, 5.74) is -1.86. The Morgan fingerprint density at radius 2 is 1.77 bits per heavy atom. The number of ether oxygens (including phenoxy) is 1. The molecule has 4 rings (SSSR count). The Morgan fingerprint density at radius 3 is 2.32 bits per heavy atom. The van der Waals surface area contributed by atoms with Crippen LogP contribution in [0, 0.1) is 16.2 Å². The number of carbonyl (C=O) groups excluding carboxylic acids is 1. The van der Waals surface area contributed by atoms with Crippen molar-refractivity contribution in [2.24, 2.45) is 16.2 Å². The van der Waals surface area contributed by atoms with Gasteiger partial charge in [-0.05, 0) is 56.3 Å². The van der Waals surface area contributed by atoms with E-state index in [2.05, 4.69) is 6.92 Å². The molecule has 2 N–H and O–H groups in total. The van der Waals surface area contributed by atoms with Gasteiger partial charge in [-0.15, -0.1) is 0 Å². The van der Waals surface area contributed by atoms with Crippen molar-refractivity contribution >= 4 is 11.9 Å². The minimum Gasteiger partial charge on any atom is -0.478 e. The average molecular weight is 308 g/mol. The van der Waals surface area contributed by atoms with Crippen LogP contribution in [0.1, 0.15) is 52.4 Å². The van der Waals surface area contributed by atoms with Crippen LogP contribution in [-0.2, 0) is 14.3 Å². The zero-order valence-corrected chi connectivity index (χ0v) is 13.4. The van der Waals surface area contributed by atoms with Gasteiger partial charge >= 0.3 is 11.9 Å². The monoisotopic (exact) mass is 308 g/mol. The maximum atomic E-state index is 12.4. The van der Waals surface area contributed by atoms with Gasteiger partial charge in [-0.25, -0.2) is 4.79 Å². The minimum atomic E-state index is -0.944. The van der Waals surface area contributed by atoms with Gasteiger partial charge in [0, 0.05) is 5.57 Å². The van der Waals surface area contributed by atoms with Crippen molar-refractivity contribution < 1.29 is 24.5 Å². The van der Waals surface area contributed by atoms with Crippen LogP contribution < -0.4 is 0 Å². The molecule has 4 atom stereocenters. The summed E-state index contributed by atoms with van der Waals surface area (Å²) in [6.45, 7) is 3.68. The van der Waals surface area contributed by atoms with Crippen LogP contribution >= 0.6 is 0 Å². The predicted octanol–water partition coefficient (Wildman–Crippen LogP) is 2.28. The van der Waals surface area contributed by atoms with Gasteiger partial charge in [0.1, 0.15) is 0 Å². The third-order valence-electron chi connectivity index (χ3n) is 5.82. The highest BCUT2D eigenvalue weighted by Crippen LogP contribution is 2.71. The molecular formula is C17H24O5. The Bertz CT molecular complexity index is 558. The lowest BCUT2D eigenvalue weighted by atomic mass is 9.38. The van der Waals surface area contributed by atoms with Crippen molar-refractivity contribution in [1.82, 2.24) is 0 Å². The number of carboxylic acid groups (broad SMARTS) is 1. The summed E-state index contributed by atoms with van der Waals surface area (Å²) in [6.07, 6.45) is 5.56. The number of methoxy groups -OCH3 is 1. The van der Waals surface area contributed by atoms with E-state index in [1.54, 1.807) is 13.0 Å². The first-order valence-corrected chi connectivity index (χ1v) is 7.79. The van der Waals surface area contributed by atoms with E-state index in [0.29, 0.717) is 25.7 Å². The van der Waals surface area contributed by atoms with Crippen LogP contribution in [0.3, 0.4) is 0 Å². The molecule has 4 bridgehead atoms. The maximum Gasteiger partial charge on any atom is 0.330 e. The molecule has 4 fully saturated rings. The summed E-state index contributed by atoms with van der Waals surface area (Å²) in [5, 5.41) is 20.2. The predicted molar refractivity (Wildman–Crippen MR) is 79.0 cm³/mol. The zero-order valence-electron chi connectivity index (χ0n) is 13.4. The van der Waals surface area contributed by atoms with E-state index in [1.807, 2.05) is 0 Å². The lowest BCUT2D eigenvalue weighted by Gasteiger charge is -2.67. The number of carboxylic acids is 1. The Kier molecular flexibility index (Phi) is 3.07. The van der Waals surface area contributed by atoms with Gasteiger partial charge in [-0.3, -0.25) is 4.79 Å². The molecule has 0 aromatic rings. The second-order valence-electron chi connectivity index (χ2n) is 8.36. The highest BCUT2D eigenvalue weighted by Gasteiger charge is 2.68. The Hall–Kier alpha value is -1.36. The number of hydrogen-bond donors (Lipinski definition) is 2. The van der Waals surface area contributed by atoms with Crippen LogP contribution in [0.2, 0.25) is 0 Å². The van der Waals surface area contributed by atoms with Crippen LogP contribution in [0.25, 0.3) is 0 Å². The molecule has 5 nitrogen and oxygen atoms in total. The molecule has 0 spiro atoms. The third kappa shape index (κ3) is 2.18. The fourth-order valence-corrected chi connectivity index (χ4v) is 6.28. The molecule has 4 aliphatic carbocycles. The summed E-state index contributed by atoms with van der Waals surface area (Å²) in [6, 6.07) is 0. The standard InChI is InChI=1S/C17H24O5/c1-11(12(18)19)4-15-5-14(2)6-16(8-15,13(20)22-3)10-17(21,7-14)9-15/h4,21H,5-10H2,1-3H3,(H,18,19). The van der Waals surface area contributed by atoms with Crippen molar-refractivity contribution in [3.05, 3.63) is 11.6 Å². The molecular weight excluding hydrogens is 284 g/mol. The smallest absolute Gasteiger partial charge is 0.330 e. The maximum absolute atomic E-state index is 12.4. The molecule has 0 amide bonds. The average Bonchev–Trinajstić information content (AvgIpc) is 2.32. The second kappa shape index (κ2) is 4.34. The normalized spacial score (nSPS) is 46.6. The first kappa shape index (κ1) is 15.5. The largest absolute Gasteiger partial charge is 0.478 e. The first-order chi connectivity index (χ1) is 10.1. The van der Waals surface area contributed by atoms with Crippen LogP contribution in [0.4, 0.5) is 0 Å². The Morgan fingerprint density at radius 1 is 1.09 bits per heavy atom. The molecule has 4 unspecified atom stereocenters. The van der Waals surface area contributed by atoms with Gasteiger partial charge < -0.3 is 14.9 Å². The van der Waals surface area contributed by atoms with E-state index < -0.39 is 22.4 Å². The van der Waals surface area contributed by atoms with E-state index in [4.69, 9.17) is 4.74 Å². The van der Waals surface area contributed by atoms with Gasteiger partial charge in [-0.2, -0.15) is 0 Å². The molecule has 0 radical (unpaired) electrons. The summed E-state index contributed by atoms with van der Waals surface area (Å²) in [7, 11) is 1.39. The van der Waals surface area contributed by atoms with Gasteiger partial charge in [0.2, 0.25) is 0 Å². The van der Waals surface area contributed by atoms with E-state index in [0.717, 1.165) is 12.8 Å². The van der Waals surface area contributed by atoms with Crippen LogP contribution in [0.15, 0.2) is 11.6 Å². The second-order valence-corrected chi connectivity index (χ2v) is 8.36. The van der Waals surface area contributed by atoms with Crippen LogP contribution in [-0.4, -0.2) is 34.9 Å². The van der Waals surface area contributed by atoms with Crippen LogP contribution in [0.5, 0.6) is 0 Å². The minimum absolute atomic E-state index is 0.146. The first-order valence-electron chi connectivity index (χ1n) is 7.79. The Labute approximate surface area is 130 Å². The SMILES string of the molecule is COC(=O)C12CC3(C)CC(O)(CC(C=C(C)C(=O)O)(C3)C1)C2.